The minimum atomic E-state index is -0.753. The Labute approximate surface area is 94.0 Å². The lowest BCUT2D eigenvalue weighted by Gasteiger charge is -1.99. The highest BCUT2D eigenvalue weighted by Crippen LogP contribution is 2.25. The van der Waals surface area contributed by atoms with Crippen molar-refractivity contribution < 1.29 is 13.3 Å². The van der Waals surface area contributed by atoms with E-state index >= 15 is 0 Å². The van der Waals surface area contributed by atoms with E-state index in [1.807, 2.05) is 0 Å². The molecule has 84 valence electrons. The first-order valence-corrected chi connectivity index (χ1v) is 4.67. The Morgan fingerprint density at radius 2 is 2.06 bits per heavy atom. The minimum absolute atomic E-state index is 0.0324. The summed E-state index contributed by atoms with van der Waals surface area (Å²) in [7, 11) is 0. The van der Waals surface area contributed by atoms with E-state index in [2.05, 4.69) is 14.7 Å². The third-order valence-corrected chi connectivity index (χ3v) is 2.18. The molecule has 16 heavy (non-hydrogen) atoms. The van der Waals surface area contributed by atoms with Crippen LogP contribution in [0.3, 0.4) is 0 Å². The second kappa shape index (κ2) is 4.15. The van der Waals surface area contributed by atoms with Crippen molar-refractivity contribution >= 4 is 11.6 Å². The zero-order valence-corrected chi connectivity index (χ0v) is 8.63. The highest BCUT2D eigenvalue weighted by molar-refractivity contribution is 6.30. The van der Waals surface area contributed by atoms with Gasteiger partial charge in [-0.1, -0.05) is 16.8 Å². The lowest BCUT2D eigenvalue weighted by molar-refractivity contribution is 0.380. The monoisotopic (exact) mass is 245 g/mol. The van der Waals surface area contributed by atoms with Crippen molar-refractivity contribution in [2.45, 2.75) is 6.54 Å². The Bertz CT molecular complexity index is 529. The van der Waals surface area contributed by atoms with Crippen LogP contribution in [-0.4, -0.2) is 10.1 Å². The molecule has 2 aromatic rings. The summed E-state index contributed by atoms with van der Waals surface area (Å²) >= 11 is 5.41. The molecule has 1 heterocycles. The molecular formula is C9H6ClF2N3O. The van der Waals surface area contributed by atoms with Crippen molar-refractivity contribution in [3.63, 3.8) is 0 Å². The Balaban J connectivity index is 2.51. The number of nitrogens with zero attached hydrogens (tertiary/aromatic N) is 2. The second-order valence-corrected chi connectivity index (χ2v) is 3.37. The molecule has 0 saturated heterocycles. The van der Waals surface area contributed by atoms with Gasteiger partial charge in [0.05, 0.1) is 17.1 Å². The minimum Gasteiger partial charge on any atom is -0.338 e. The predicted molar refractivity (Wildman–Crippen MR) is 52.6 cm³/mol. The lowest BCUT2D eigenvalue weighted by atomic mass is 10.2. The molecule has 1 aromatic heterocycles. The maximum absolute atomic E-state index is 13.4. The van der Waals surface area contributed by atoms with Crippen molar-refractivity contribution in [1.29, 1.82) is 0 Å². The average molecular weight is 246 g/mol. The topological polar surface area (TPSA) is 64.9 Å². The van der Waals surface area contributed by atoms with Gasteiger partial charge in [0.25, 0.3) is 0 Å². The molecule has 2 rings (SSSR count). The van der Waals surface area contributed by atoms with Crippen LogP contribution >= 0.6 is 11.6 Å². The molecule has 0 fully saturated rings. The number of aromatic nitrogens is 2. The maximum Gasteiger partial charge on any atom is 0.240 e. The molecule has 2 N–H and O–H groups in total. The largest absolute Gasteiger partial charge is 0.338 e. The van der Waals surface area contributed by atoms with Gasteiger partial charge in [-0.25, -0.2) is 8.78 Å². The summed E-state index contributed by atoms with van der Waals surface area (Å²) in [5.41, 5.74) is 5.13. The molecule has 0 bridgehead atoms. The Morgan fingerprint density at radius 3 is 2.69 bits per heavy atom. The molecule has 0 radical (unpaired) electrons. The first-order chi connectivity index (χ1) is 7.61. The molecule has 0 aliphatic rings. The van der Waals surface area contributed by atoms with Gasteiger partial charge in [-0.05, 0) is 12.1 Å². The van der Waals surface area contributed by atoms with Crippen molar-refractivity contribution in [1.82, 2.24) is 10.1 Å². The summed E-state index contributed by atoms with van der Waals surface area (Å²) in [4.78, 5) is 3.78. The van der Waals surface area contributed by atoms with Crippen LogP contribution in [0.5, 0.6) is 0 Å². The molecule has 7 heteroatoms. The molecule has 0 saturated carbocycles. The van der Waals surface area contributed by atoms with E-state index in [0.29, 0.717) is 0 Å². The third kappa shape index (κ3) is 1.89. The van der Waals surface area contributed by atoms with Crippen LogP contribution in [0.2, 0.25) is 5.02 Å². The molecule has 0 spiro atoms. The lowest BCUT2D eigenvalue weighted by Crippen LogP contribution is -1.96. The maximum atomic E-state index is 13.4. The fourth-order valence-corrected chi connectivity index (χ4v) is 1.29. The summed E-state index contributed by atoms with van der Waals surface area (Å²) < 4.78 is 31.2. The van der Waals surface area contributed by atoms with Gasteiger partial charge in [-0.3, -0.25) is 0 Å². The number of hydrogen-bond donors (Lipinski definition) is 1. The summed E-state index contributed by atoms with van der Waals surface area (Å²) in [6.45, 7) is 0.0324. The van der Waals surface area contributed by atoms with E-state index < -0.39 is 11.6 Å². The van der Waals surface area contributed by atoms with Crippen LogP contribution in [0.15, 0.2) is 16.7 Å². The molecule has 0 atom stereocenters. The zero-order chi connectivity index (χ0) is 11.7. The van der Waals surface area contributed by atoms with E-state index in [4.69, 9.17) is 17.3 Å². The Kier molecular flexibility index (Phi) is 2.84. The molecule has 4 nitrogen and oxygen atoms in total. The highest BCUT2D eigenvalue weighted by Gasteiger charge is 2.15. The second-order valence-electron chi connectivity index (χ2n) is 2.96. The number of benzene rings is 1. The van der Waals surface area contributed by atoms with Gasteiger partial charge in [0, 0.05) is 0 Å². The number of halogens is 3. The third-order valence-electron chi connectivity index (χ3n) is 1.89. The normalized spacial score (nSPS) is 10.8. The fraction of sp³-hybridized carbons (Fsp3) is 0.111. The Hall–Kier alpha value is -1.53. The van der Waals surface area contributed by atoms with Crippen molar-refractivity contribution in [2.75, 3.05) is 0 Å². The summed E-state index contributed by atoms with van der Waals surface area (Å²) in [5, 5.41) is 3.17. The Morgan fingerprint density at radius 1 is 1.31 bits per heavy atom. The summed E-state index contributed by atoms with van der Waals surface area (Å²) in [5.74, 6) is -1.40. The van der Waals surface area contributed by atoms with Crippen molar-refractivity contribution in [2.24, 2.45) is 5.73 Å². The first-order valence-electron chi connectivity index (χ1n) is 4.29. The number of hydrogen-bond acceptors (Lipinski definition) is 4. The standard InChI is InChI=1S/C9H6ClF2N3O/c10-5-2-6(11)4(1-7(5)12)9-14-8(3-13)16-15-9/h1-2H,3,13H2. The van der Waals surface area contributed by atoms with Crippen LogP contribution in [0.4, 0.5) is 8.78 Å². The molecule has 1 aromatic carbocycles. The van der Waals surface area contributed by atoms with Gasteiger partial charge in [-0.2, -0.15) is 4.98 Å². The van der Waals surface area contributed by atoms with Gasteiger partial charge in [0.2, 0.25) is 11.7 Å². The molecular weight excluding hydrogens is 240 g/mol. The van der Waals surface area contributed by atoms with Crippen LogP contribution in [0.1, 0.15) is 5.89 Å². The fourth-order valence-electron chi connectivity index (χ4n) is 1.14. The van der Waals surface area contributed by atoms with E-state index in [-0.39, 0.29) is 28.8 Å². The highest BCUT2D eigenvalue weighted by atomic mass is 35.5. The van der Waals surface area contributed by atoms with Crippen LogP contribution < -0.4 is 5.73 Å². The van der Waals surface area contributed by atoms with E-state index in [9.17, 15) is 8.78 Å². The number of rotatable bonds is 2. The zero-order valence-electron chi connectivity index (χ0n) is 7.88. The van der Waals surface area contributed by atoms with E-state index in [1.54, 1.807) is 0 Å². The summed E-state index contributed by atoms with van der Waals surface area (Å²) in [6, 6.07) is 1.76. The van der Waals surface area contributed by atoms with Crippen LogP contribution in [-0.2, 0) is 6.54 Å². The molecule has 0 aliphatic heterocycles. The quantitative estimate of drug-likeness (QED) is 0.823. The first kappa shape index (κ1) is 11.0. The van der Waals surface area contributed by atoms with E-state index in [1.165, 1.54) is 0 Å². The smallest absolute Gasteiger partial charge is 0.240 e. The molecule has 0 aliphatic carbocycles. The van der Waals surface area contributed by atoms with Gasteiger partial charge >= 0.3 is 0 Å². The van der Waals surface area contributed by atoms with E-state index in [0.717, 1.165) is 12.1 Å². The molecule has 0 unspecified atom stereocenters. The van der Waals surface area contributed by atoms with Crippen molar-refractivity contribution in [3.05, 3.63) is 34.7 Å². The van der Waals surface area contributed by atoms with Crippen LogP contribution in [0, 0.1) is 11.6 Å². The predicted octanol–water partition coefficient (Wildman–Crippen LogP) is 2.13. The van der Waals surface area contributed by atoms with Gasteiger partial charge in [0.1, 0.15) is 11.6 Å². The molecule has 0 amide bonds. The average Bonchev–Trinajstić information content (AvgIpc) is 2.71. The summed E-state index contributed by atoms with van der Waals surface area (Å²) in [6.07, 6.45) is 0. The van der Waals surface area contributed by atoms with Gasteiger partial charge in [-0.15, -0.1) is 0 Å². The number of nitrogens with two attached hydrogens (primary N) is 1. The SMILES string of the molecule is NCc1nc(-c2cc(F)c(Cl)cc2F)no1. The van der Waals surface area contributed by atoms with Gasteiger partial charge < -0.3 is 10.3 Å². The van der Waals surface area contributed by atoms with Crippen LogP contribution in [0.25, 0.3) is 11.4 Å². The van der Waals surface area contributed by atoms with Gasteiger partial charge in [0.15, 0.2) is 0 Å². The van der Waals surface area contributed by atoms with Crippen molar-refractivity contribution in [3.8, 4) is 11.4 Å².